The van der Waals surface area contributed by atoms with Crippen LogP contribution in [-0.4, -0.2) is 52.5 Å². The van der Waals surface area contributed by atoms with E-state index in [2.05, 4.69) is 0 Å². The van der Waals surface area contributed by atoms with E-state index in [0.717, 1.165) is 10.6 Å². The van der Waals surface area contributed by atoms with Gasteiger partial charge in [0, 0.05) is 32.3 Å². The zero-order valence-electron chi connectivity index (χ0n) is 11.7. The predicted octanol–water partition coefficient (Wildman–Crippen LogP) is -0.117. The highest BCUT2D eigenvalue weighted by Crippen LogP contribution is 2.21. The van der Waals surface area contributed by atoms with E-state index < -0.39 is 15.9 Å². The third kappa shape index (κ3) is 3.47. The molecular weight excluding hydrogens is 282 g/mol. The number of nitrogens with zero attached hydrogens (tertiary/aromatic N) is 2. The molecule has 1 aromatic rings. The van der Waals surface area contributed by atoms with E-state index in [4.69, 9.17) is 5.73 Å². The number of sulfonamides is 1. The van der Waals surface area contributed by atoms with Crippen molar-refractivity contribution in [2.75, 3.05) is 31.7 Å². The van der Waals surface area contributed by atoms with Crippen LogP contribution in [0, 0.1) is 0 Å². The number of benzene rings is 1. The topological polar surface area (TPSA) is 101 Å². The molecule has 20 heavy (non-hydrogen) atoms. The molecule has 0 saturated carbocycles. The van der Waals surface area contributed by atoms with Crippen molar-refractivity contribution in [2.45, 2.75) is 0 Å². The standard InChI is InChI=1S/C12H17N3O4S/c1-14(2)12(17)9-5-8(11(13)16)6-10(7-9)15(3)20(4,18)19/h5-7H,1-4H3,(H2,13,16). The Bertz CT molecular complexity index is 653. The van der Waals surface area contributed by atoms with Crippen LogP contribution in [0.25, 0.3) is 0 Å². The number of carbonyl (C=O) groups excluding carboxylic acids is 2. The average Bonchev–Trinajstić information content (AvgIpc) is 2.34. The summed E-state index contributed by atoms with van der Waals surface area (Å²) < 4.78 is 24.1. The minimum absolute atomic E-state index is 0.0724. The van der Waals surface area contributed by atoms with Crippen molar-refractivity contribution >= 4 is 27.5 Å². The lowest BCUT2D eigenvalue weighted by Gasteiger charge is -2.19. The lowest BCUT2D eigenvalue weighted by Crippen LogP contribution is -2.27. The summed E-state index contributed by atoms with van der Waals surface area (Å²) in [6.07, 6.45) is 1.03. The molecule has 0 heterocycles. The van der Waals surface area contributed by atoms with Gasteiger partial charge in [-0.3, -0.25) is 13.9 Å². The first-order valence-corrected chi connectivity index (χ1v) is 7.49. The third-order valence-corrected chi connectivity index (χ3v) is 3.92. The summed E-state index contributed by atoms with van der Waals surface area (Å²) in [7, 11) is 0.938. The highest BCUT2D eigenvalue weighted by atomic mass is 32.2. The number of anilines is 1. The Kier molecular flexibility index (Phi) is 4.39. The highest BCUT2D eigenvalue weighted by molar-refractivity contribution is 7.92. The van der Waals surface area contributed by atoms with E-state index in [1.54, 1.807) is 14.1 Å². The van der Waals surface area contributed by atoms with Crippen molar-refractivity contribution in [3.8, 4) is 0 Å². The molecule has 110 valence electrons. The maximum Gasteiger partial charge on any atom is 0.253 e. The van der Waals surface area contributed by atoms with Crippen LogP contribution < -0.4 is 10.0 Å². The van der Waals surface area contributed by atoms with E-state index >= 15 is 0 Å². The molecule has 8 heteroatoms. The lowest BCUT2D eigenvalue weighted by atomic mass is 10.1. The molecule has 7 nitrogen and oxygen atoms in total. The van der Waals surface area contributed by atoms with Gasteiger partial charge in [0.25, 0.3) is 5.91 Å². The minimum atomic E-state index is -3.50. The van der Waals surface area contributed by atoms with Gasteiger partial charge in [0.2, 0.25) is 15.9 Å². The van der Waals surface area contributed by atoms with E-state index in [1.807, 2.05) is 0 Å². The molecule has 0 aliphatic heterocycles. The summed E-state index contributed by atoms with van der Waals surface area (Å²) in [6.45, 7) is 0. The molecule has 0 bridgehead atoms. The van der Waals surface area contributed by atoms with E-state index in [-0.39, 0.29) is 22.7 Å². The SMILES string of the molecule is CN(C)C(=O)c1cc(C(N)=O)cc(N(C)S(C)(=O)=O)c1. The van der Waals surface area contributed by atoms with Crippen LogP contribution in [0.4, 0.5) is 5.69 Å². The fourth-order valence-electron chi connectivity index (χ4n) is 1.51. The first-order chi connectivity index (χ1) is 9.04. The Hall–Kier alpha value is -2.09. The molecule has 2 N–H and O–H groups in total. The van der Waals surface area contributed by atoms with Gasteiger partial charge in [-0.15, -0.1) is 0 Å². The number of nitrogens with two attached hydrogens (primary N) is 1. The quantitative estimate of drug-likeness (QED) is 0.837. The molecule has 0 atom stereocenters. The highest BCUT2D eigenvalue weighted by Gasteiger charge is 2.18. The normalized spacial score (nSPS) is 11.0. The van der Waals surface area contributed by atoms with Gasteiger partial charge < -0.3 is 10.6 Å². The Morgan fingerprint density at radius 1 is 1.05 bits per heavy atom. The molecule has 1 rings (SSSR count). The van der Waals surface area contributed by atoms with Gasteiger partial charge in [0.05, 0.1) is 11.9 Å². The number of amides is 2. The molecule has 0 aliphatic rings. The first kappa shape index (κ1) is 16.0. The number of hydrogen-bond acceptors (Lipinski definition) is 4. The Morgan fingerprint density at radius 2 is 1.55 bits per heavy atom. The Balaban J connectivity index is 3.47. The van der Waals surface area contributed by atoms with Crippen molar-refractivity contribution < 1.29 is 18.0 Å². The summed E-state index contributed by atoms with van der Waals surface area (Å²) in [6, 6.07) is 4.07. The van der Waals surface area contributed by atoms with Crippen LogP contribution in [-0.2, 0) is 10.0 Å². The van der Waals surface area contributed by atoms with Gasteiger partial charge in [-0.25, -0.2) is 8.42 Å². The number of rotatable bonds is 4. The largest absolute Gasteiger partial charge is 0.366 e. The number of carbonyl (C=O) groups is 2. The molecule has 1 aromatic carbocycles. The summed E-state index contributed by atoms with van der Waals surface area (Å²) in [4.78, 5) is 24.6. The summed E-state index contributed by atoms with van der Waals surface area (Å²) >= 11 is 0. The monoisotopic (exact) mass is 299 g/mol. The van der Waals surface area contributed by atoms with Crippen LogP contribution in [0.3, 0.4) is 0 Å². The van der Waals surface area contributed by atoms with Crippen LogP contribution in [0.2, 0.25) is 0 Å². The predicted molar refractivity (Wildman–Crippen MR) is 76.2 cm³/mol. The van der Waals surface area contributed by atoms with Crippen molar-refractivity contribution in [2.24, 2.45) is 5.73 Å². The van der Waals surface area contributed by atoms with Crippen molar-refractivity contribution in [3.63, 3.8) is 0 Å². The molecule has 0 unspecified atom stereocenters. The van der Waals surface area contributed by atoms with Crippen LogP contribution >= 0.6 is 0 Å². The van der Waals surface area contributed by atoms with Gasteiger partial charge in [-0.2, -0.15) is 0 Å². The van der Waals surface area contributed by atoms with Crippen LogP contribution in [0.5, 0.6) is 0 Å². The fourth-order valence-corrected chi connectivity index (χ4v) is 2.00. The van der Waals surface area contributed by atoms with Gasteiger partial charge in [-0.05, 0) is 18.2 Å². The fraction of sp³-hybridized carbons (Fsp3) is 0.333. The molecule has 0 spiro atoms. The molecule has 0 aliphatic carbocycles. The minimum Gasteiger partial charge on any atom is -0.366 e. The molecule has 0 saturated heterocycles. The van der Waals surface area contributed by atoms with E-state index in [9.17, 15) is 18.0 Å². The summed E-state index contributed by atoms with van der Waals surface area (Å²) in [5.41, 5.74) is 5.67. The van der Waals surface area contributed by atoms with Gasteiger partial charge in [0.15, 0.2) is 0 Å². The van der Waals surface area contributed by atoms with Gasteiger partial charge in [-0.1, -0.05) is 0 Å². The molecule has 0 radical (unpaired) electrons. The van der Waals surface area contributed by atoms with E-state index in [0.29, 0.717) is 0 Å². The van der Waals surface area contributed by atoms with Crippen LogP contribution in [0.1, 0.15) is 20.7 Å². The number of primary amides is 1. The molecule has 0 aromatic heterocycles. The molecule has 2 amide bonds. The average molecular weight is 299 g/mol. The van der Waals surface area contributed by atoms with Crippen molar-refractivity contribution in [1.82, 2.24) is 4.90 Å². The summed E-state index contributed by atoms with van der Waals surface area (Å²) in [5.74, 6) is -1.09. The van der Waals surface area contributed by atoms with Gasteiger partial charge >= 0.3 is 0 Å². The second-order valence-electron chi connectivity index (χ2n) is 4.56. The smallest absolute Gasteiger partial charge is 0.253 e. The van der Waals surface area contributed by atoms with Gasteiger partial charge in [0.1, 0.15) is 0 Å². The lowest BCUT2D eigenvalue weighted by molar-refractivity contribution is 0.0827. The maximum atomic E-state index is 11.9. The van der Waals surface area contributed by atoms with E-state index in [1.165, 1.54) is 30.1 Å². The molecule has 0 fully saturated rings. The second kappa shape index (κ2) is 5.49. The zero-order valence-corrected chi connectivity index (χ0v) is 12.6. The Labute approximate surface area is 118 Å². The zero-order chi connectivity index (χ0) is 15.7. The number of hydrogen-bond donors (Lipinski definition) is 1. The summed E-state index contributed by atoms with van der Waals surface area (Å²) in [5, 5.41) is 0. The Morgan fingerprint density at radius 3 is 1.95 bits per heavy atom. The second-order valence-corrected chi connectivity index (χ2v) is 6.58. The molecular formula is C12H17N3O4S. The third-order valence-electron chi connectivity index (χ3n) is 2.72. The van der Waals surface area contributed by atoms with Crippen molar-refractivity contribution in [3.05, 3.63) is 29.3 Å². The maximum absolute atomic E-state index is 11.9. The first-order valence-electron chi connectivity index (χ1n) is 5.64. The van der Waals surface area contributed by atoms with Crippen LogP contribution in [0.15, 0.2) is 18.2 Å². The van der Waals surface area contributed by atoms with Crippen molar-refractivity contribution in [1.29, 1.82) is 0 Å².